The van der Waals surface area contributed by atoms with Crippen molar-refractivity contribution < 1.29 is 4.74 Å². The molecule has 5 heteroatoms. The normalized spacial score (nSPS) is 20.4. The van der Waals surface area contributed by atoms with Crippen LogP contribution >= 0.6 is 0 Å². The summed E-state index contributed by atoms with van der Waals surface area (Å²) in [6.45, 7) is 1.43. The first-order valence-corrected chi connectivity index (χ1v) is 5.27. The van der Waals surface area contributed by atoms with Gasteiger partial charge in [0, 0.05) is 30.2 Å². The van der Waals surface area contributed by atoms with Gasteiger partial charge in [0.1, 0.15) is 11.5 Å². The van der Waals surface area contributed by atoms with Crippen LogP contribution in [-0.2, 0) is 4.74 Å². The fraction of sp³-hybridized carbons (Fsp3) is 0.364. The zero-order chi connectivity index (χ0) is 11.0. The molecule has 2 aromatic rings. The van der Waals surface area contributed by atoms with Crippen LogP contribution in [0.25, 0.3) is 11.0 Å². The number of pyridine rings is 1. The molecule has 2 aromatic heterocycles. The average molecular weight is 217 g/mol. The molecule has 0 saturated carbocycles. The quantitative estimate of drug-likeness (QED) is 0.768. The molecule has 1 N–H and O–H groups in total. The number of nitrogens with zero attached hydrogens (tertiary/aromatic N) is 2. The maximum atomic E-state index is 11.2. The first kappa shape index (κ1) is 9.47. The van der Waals surface area contributed by atoms with Crippen molar-refractivity contribution in [3.63, 3.8) is 0 Å². The Kier molecular flexibility index (Phi) is 2.18. The van der Waals surface area contributed by atoms with Gasteiger partial charge in [0.05, 0.1) is 6.61 Å². The molecule has 0 spiro atoms. The van der Waals surface area contributed by atoms with Gasteiger partial charge < -0.3 is 9.72 Å². The first-order chi connectivity index (χ1) is 7.83. The predicted molar refractivity (Wildman–Crippen MR) is 58.3 cm³/mol. The van der Waals surface area contributed by atoms with Crippen LogP contribution in [0.3, 0.4) is 0 Å². The molecule has 1 aliphatic heterocycles. The summed E-state index contributed by atoms with van der Waals surface area (Å²) in [6.07, 6.45) is 2.69. The van der Waals surface area contributed by atoms with Gasteiger partial charge in [-0.15, -0.1) is 0 Å². The zero-order valence-electron chi connectivity index (χ0n) is 8.64. The minimum atomic E-state index is -0.139. The number of H-pyrrole nitrogens is 1. The Morgan fingerprint density at radius 1 is 1.44 bits per heavy atom. The second-order valence-corrected chi connectivity index (χ2v) is 3.92. The summed E-state index contributed by atoms with van der Waals surface area (Å²) in [4.78, 5) is 22.6. The highest BCUT2D eigenvalue weighted by Crippen LogP contribution is 2.22. The second-order valence-electron chi connectivity index (χ2n) is 3.92. The third kappa shape index (κ3) is 1.59. The molecule has 0 radical (unpaired) electrons. The fourth-order valence-corrected chi connectivity index (χ4v) is 1.89. The van der Waals surface area contributed by atoms with Gasteiger partial charge in [-0.2, -0.15) is 0 Å². The van der Waals surface area contributed by atoms with Gasteiger partial charge in [-0.3, -0.25) is 4.79 Å². The van der Waals surface area contributed by atoms with Crippen molar-refractivity contribution in [3.05, 3.63) is 34.5 Å². The van der Waals surface area contributed by atoms with E-state index in [0.29, 0.717) is 12.3 Å². The molecule has 1 aliphatic rings. The van der Waals surface area contributed by atoms with Crippen molar-refractivity contribution in [1.29, 1.82) is 0 Å². The zero-order valence-corrected chi connectivity index (χ0v) is 8.64. The van der Waals surface area contributed by atoms with Crippen LogP contribution in [0.2, 0.25) is 0 Å². The summed E-state index contributed by atoms with van der Waals surface area (Å²) < 4.78 is 5.30. The van der Waals surface area contributed by atoms with E-state index >= 15 is 0 Å². The minimum Gasteiger partial charge on any atom is -0.381 e. The molecular weight excluding hydrogens is 206 g/mol. The van der Waals surface area contributed by atoms with Crippen molar-refractivity contribution in [2.45, 2.75) is 12.3 Å². The van der Waals surface area contributed by atoms with Crippen LogP contribution in [0.1, 0.15) is 18.2 Å². The summed E-state index contributed by atoms with van der Waals surface area (Å²) in [5, 5.41) is 0.849. The molecule has 0 aromatic carbocycles. The Bertz CT molecular complexity index is 573. The van der Waals surface area contributed by atoms with Gasteiger partial charge >= 0.3 is 0 Å². The summed E-state index contributed by atoms with van der Waals surface area (Å²) in [5.74, 6) is 1.01. The summed E-state index contributed by atoms with van der Waals surface area (Å²) >= 11 is 0. The van der Waals surface area contributed by atoms with Crippen LogP contribution in [0, 0.1) is 0 Å². The van der Waals surface area contributed by atoms with E-state index < -0.39 is 0 Å². The maximum absolute atomic E-state index is 11.2. The molecule has 0 bridgehead atoms. The maximum Gasteiger partial charge on any atom is 0.249 e. The second kappa shape index (κ2) is 3.68. The summed E-state index contributed by atoms with van der Waals surface area (Å²) in [6, 6.07) is 3.20. The van der Waals surface area contributed by atoms with Gasteiger partial charge in [-0.25, -0.2) is 9.97 Å². The van der Waals surface area contributed by atoms with E-state index in [1.165, 1.54) is 6.07 Å². The lowest BCUT2D eigenvalue weighted by molar-refractivity contribution is 0.193. The Morgan fingerprint density at radius 2 is 2.38 bits per heavy atom. The lowest BCUT2D eigenvalue weighted by Gasteiger charge is -2.06. The van der Waals surface area contributed by atoms with E-state index in [9.17, 15) is 4.79 Å². The molecule has 5 nitrogen and oxygen atoms in total. The van der Waals surface area contributed by atoms with E-state index in [1.807, 2.05) is 0 Å². The molecule has 1 unspecified atom stereocenters. The number of fused-ring (bicyclic) bond motifs is 1. The molecule has 82 valence electrons. The van der Waals surface area contributed by atoms with Gasteiger partial charge in [-0.1, -0.05) is 0 Å². The monoisotopic (exact) mass is 217 g/mol. The molecule has 3 heterocycles. The molecule has 16 heavy (non-hydrogen) atoms. The lowest BCUT2D eigenvalue weighted by atomic mass is 10.1. The molecule has 1 saturated heterocycles. The Balaban J connectivity index is 2.10. The van der Waals surface area contributed by atoms with Gasteiger partial charge in [0.2, 0.25) is 5.56 Å². The number of nitrogens with one attached hydrogen (secondary N) is 1. The molecule has 0 aliphatic carbocycles. The number of ether oxygens (including phenoxy) is 1. The van der Waals surface area contributed by atoms with Crippen molar-refractivity contribution in [2.75, 3.05) is 13.2 Å². The molecule has 0 amide bonds. The predicted octanol–water partition coefficient (Wildman–Crippen LogP) is 0.822. The highest BCUT2D eigenvalue weighted by Gasteiger charge is 2.20. The topological polar surface area (TPSA) is 67.9 Å². The highest BCUT2D eigenvalue weighted by molar-refractivity contribution is 5.72. The van der Waals surface area contributed by atoms with Gasteiger partial charge in [-0.05, 0) is 12.5 Å². The first-order valence-electron chi connectivity index (χ1n) is 5.27. The number of rotatable bonds is 1. The van der Waals surface area contributed by atoms with Crippen LogP contribution in [-0.4, -0.2) is 28.2 Å². The molecule has 1 atom stereocenters. The minimum absolute atomic E-state index is 0.139. The van der Waals surface area contributed by atoms with Crippen LogP contribution in [0.15, 0.2) is 23.1 Å². The highest BCUT2D eigenvalue weighted by atomic mass is 16.5. The van der Waals surface area contributed by atoms with Crippen molar-refractivity contribution in [2.24, 2.45) is 0 Å². The van der Waals surface area contributed by atoms with E-state index in [1.54, 1.807) is 12.3 Å². The number of hydrogen-bond donors (Lipinski definition) is 1. The number of hydrogen-bond acceptors (Lipinski definition) is 4. The average Bonchev–Trinajstić information content (AvgIpc) is 2.81. The summed E-state index contributed by atoms with van der Waals surface area (Å²) in [7, 11) is 0. The van der Waals surface area contributed by atoms with Crippen molar-refractivity contribution in [1.82, 2.24) is 15.0 Å². The molecular formula is C11H11N3O2. The van der Waals surface area contributed by atoms with E-state index in [0.717, 1.165) is 24.2 Å². The summed E-state index contributed by atoms with van der Waals surface area (Å²) in [5.41, 5.74) is 0.462. The standard InChI is InChI=1S/C11H11N3O2/c15-9-2-1-7-5-12-10(14-11(7)13-9)8-3-4-16-6-8/h1-2,5,8H,3-4,6H2,(H,12,13,14,15). The third-order valence-corrected chi connectivity index (χ3v) is 2.79. The Morgan fingerprint density at radius 3 is 3.19 bits per heavy atom. The lowest BCUT2D eigenvalue weighted by Crippen LogP contribution is -2.08. The number of aromatic nitrogens is 3. The smallest absolute Gasteiger partial charge is 0.249 e. The molecule has 3 rings (SSSR count). The SMILES string of the molecule is O=c1ccc2cnc(C3CCOC3)nc2[nH]1. The Labute approximate surface area is 91.5 Å². The third-order valence-electron chi connectivity index (χ3n) is 2.79. The number of aromatic amines is 1. The van der Waals surface area contributed by atoms with Crippen molar-refractivity contribution in [3.8, 4) is 0 Å². The fourth-order valence-electron chi connectivity index (χ4n) is 1.89. The largest absolute Gasteiger partial charge is 0.381 e. The van der Waals surface area contributed by atoms with E-state index in [2.05, 4.69) is 15.0 Å². The van der Waals surface area contributed by atoms with Crippen LogP contribution < -0.4 is 5.56 Å². The Hall–Kier alpha value is -1.75. The molecule has 1 fully saturated rings. The van der Waals surface area contributed by atoms with Crippen LogP contribution in [0.5, 0.6) is 0 Å². The van der Waals surface area contributed by atoms with Crippen LogP contribution in [0.4, 0.5) is 0 Å². The van der Waals surface area contributed by atoms with E-state index in [4.69, 9.17) is 4.74 Å². The van der Waals surface area contributed by atoms with Crippen molar-refractivity contribution >= 4 is 11.0 Å². The van der Waals surface area contributed by atoms with Gasteiger partial charge in [0.25, 0.3) is 0 Å². The van der Waals surface area contributed by atoms with E-state index in [-0.39, 0.29) is 11.5 Å². The van der Waals surface area contributed by atoms with Gasteiger partial charge in [0.15, 0.2) is 0 Å².